The van der Waals surface area contributed by atoms with E-state index in [1.165, 1.54) is 18.2 Å². The molecule has 0 bridgehead atoms. The fraction of sp³-hybridized carbons (Fsp3) is 0.143. The molecule has 0 aliphatic rings. The van der Waals surface area contributed by atoms with Gasteiger partial charge in [-0.3, -0.25) is 0 Å². The first kappa shape index (κ1) is 14.4. The Kier molecular flexibility index (Phi) is 4.55. The van der Waals surface area contributed by atoms with E-state index in [0.29, 0.717) is 16.5 Å². The van der Waals surface area contributed by atoms with Gasteiger partial charge < -0.3 is 5.73 Å². The fourth-order valence-electron chi connectivity index (χ4n) is 1.91. The van der Waals surface area contributed by atoms with Gasteiger partial charge in [0, 0.05) is 16.6 Å². The van der Waals surface area contributed by atoms with Gasteiger partial charge in [0.05, 0.1) is 4.47 Å². The van der Waals surface area contributed by atoms with Crippen molar-refractivity contribution in [1.82, 2.24) is 0 Å². The van der Waals surface area contributed by atoms with Crippen molar-refractivity contribution in [2.24, 2.45) is 5.73 Å². The summed E-state index contributed by atoms with van der Waals surface area (Å²) in [6.07, 6.45) is 0.291. The molecular formula is C14H11BrClF2N. The summed E-state index contributed by atoms with van der Waals surface area (Å²) in [5.74, 6) is -0.822. The Bertz CT molecular complexity index is 584. The molecule has 19 heavy (non-hydrogen) atoms. The number of hydrogen-bond acceptors (Lipinski definition) is 1. The molecule has 1 unspecified atom stereocenters. The molecule has 0 radical (unpaired) electrons. The lowest BCUT2D eigenvalue weighted by Crippen LogP contribution is -2.16. The quantitative estimate of drug-likeness (QED) is 0.862. The van der Waals surface area contributed by atoms with Crippen LogP contribution in [-0.2, 0) is 6.42 Å². The molecule has 1 atom stereocenters. The van der Waals surface area contributed by atoms with Crippen LogP contribution in [0.4, 0.5) is 8.78 Å². The number of halogens is 4. The van der Waals surface area contributed by atoms with Gasteiger partial charge in [0.25, 0.3) is 0 Å². The zero-order chi connectivity index (χ0) is 14.0. The average Bonchev–Trinajstić information content (AvgIpc) is 2.35. The van der Waals surface area contributed by atoms with Crippen molar-refractivity contribution in [1.29, 1.82) is 0 Å². The highest BCUT2D eigenvalue weighted by Crippen LogP contribution is 2.29. The average molecular weight is 347 g/mol. The minimum Gasteiger partial charge on any atom is -0.324 e. The van der Waals surface area contributed by atoms with E-state index in [4.69, 9.17) is 17.3 Å². The molecule has 0 aliphatic heterocycles. The molecule has 1 nitrogen and oxygen atoms in total. The maximum absolute atomic E-state index is 13.7. The Balaban J connectivity index is 2.31. The third-order valence-corrected chi connectivity index (χ3v) is 4.06. The largest absolute Gasteiger partial charge is 0.324 e. The Labute approximate surface area is 123 Å². The van der Waals surface area contributed by atoms with E-state index in [9.17, 15) is 8.78 Å². The van der Waals surface area contributed by atoms with Crippen molar-refractivity contribution >= 4 is 27.5 Å². The van der Waals surface area contributed by atoms with Gasteiger partial charge in [0.15, 0.2) is 0 Å². The number of hydrogen-bond donors (Lipinski definition) is 1. The third-order valence-electron chi connectivity index (χ3n) is 2.84. The molecule has 0 fully saturated rings. The van der Waals surface area contributed by atoms with Crippen LogP contribution in [0.15, 0.2) is 40.9 Å². The second-order valence-corrected chi connectivity index (χ2v) is 5.36. The van der Waals surface area contributed by atoms with Crippen LogP contribution in [0, 0.1) is 11.6 Å². The Hall–Kier alpha value is -0.970. The predicted octanol–water partition coefficient (Wildman–Crippen LogP) is 4.62. The van der Waals surface area contributed by atoms with E-state index in [0.717, 1.165) is 0 Å². The lowest BCUT2D eigenvalue weighted by Gasteiger charge is -2.15. The summed E-state index contributed by atoms with van der Waals surface area (Å²) in [4.78, 5) is 0. The molecule has 2 rings (SSSR count). The molecule has 2 aromatic rings. The zero-order valence-electron chi connectivity index (χ0n) is 9.84. The van der Waals surface area contributed by atoms with Crippen molar-refractivity contribution in [2.75, 3.05) is 0 Å². The van der Waals surface area contributed by atoms with Gasteiger partial charge in [0.1, 0.15) is 11.6 Å². The summed E-state index contributed by atoms with van der Waals surface area (Å²) in [7, 11) is 0. The van der Waals surface area contributed by atoms with Gasteiger partial charge in [-0.05, 0) is 46.1 Å². The first-order valence-corrected chi connectivity index (χ1v) is 6.80. The summed E-state index contributed by atoms with van der Waals surface area (Å²) in [5.41, 5.74) is 6.90. The maximum atomic E-state index is 13.7. The van der Waals surface area contributed by atoms with Gasteiger partial charge in [0.2, 0.25) is 0 Å². The van der Waals surface area contributed by atoms with Crippen LogP contribution in [0.5, 0.6) is 0 Å². The highest BCUT2D eigenvalue weighted by molar-refractivity contribution is 9.10. The van der Waals surface area contributed by atoms with Crippen LogP contribution in [0.2, 0.25) is 5.02 Å². The molecule has 100 valence electrons. The highest BCUT2D eigenvalue weighted by Gasteiger charge is 2.17. The smallest absolute Gasteiger partial charge is 0.137 e. The van der Waals surface area contributed by atoms with Gasteiger partial charge >= 0.3 is 0 Å². The summed E-state index contributed by atoms with van der Waals surface area (Å²) in [6.45, 7) is 0. The third kappa shape index (κ3) is 3.14. The normalized spacial score (nSPS) is 12.5. The van der Waals surface area contributed by atoms with E-state index < -0.39 is 11.9 Å². The van der Waals surface area contributed by atoms with E-state index in [1.807, 2.05) is 0 Å². The van der Waals surface area contributed by atoms with Gasteiger partial charge in [-0.15, -0.1) is 0 Å². The first-order chi connectivity index (χ1) is 9.00. The predicted molar refractivity (Wildman–Crippen MR) is 76.1 cm³/mol. The second kappa shape index (κ2) is 5.99. The van der Waals surface area contributed by atoms with Crippen molar-refractivity contribution in [3.8, 4) is 0 Å². The van der Waals surface area contributed by atoms with Gasteiger partial charge in [-0.1, -0.05) is 29.8 Å². The number of nitrogens with two attached hydrogens (primary N) is 1. The van der Waals surface area contributed by atoms with Crippen molar-refractivity contribution in [3.63, 3.8) is 0 Å². The zero-order valence-corrected chi connectivity index (χ0v) is 12.2. The molecule has 0 aliphatic carbocycles. The fourth-order valence-corrected chi connectivity index (χ4v) is 2.64. The Morgan fingerprint density at radius 1 is 1.11 bits per heavy atom. The van der Waals surface area contributed by atoms with E-state index in [2.05, 4.69) is 15.9 Å². The minimum absolute atomic E-state index is 0.250. The van der Waals surface area contributed by atoms with Crippen LogP contribution in [0.1, 0.15) is 17.2 Å². The van der Waals surface area contributed by atoms with Crippen molar-refractivity contribution < 1.29 is 8.78 Å². The lowest BCUT2D eigenvalue weighted by molar-refractivity contribution is 0.577. The first-order valence-electron chi connectivity index (χ1n) is 5.63. The van der Waals surface area contributed by atoms with Crippen LogP contribution < -0.4 is 5.73 Å². The topological polar surface area (TPSA) is 26.0 Å². The second-order valence-electron chi connectivity index (χ2n) is 4.16. The number of rotatable bonds is 3. The van der Waals surface area contributed by atoms with E-state index in [-0.39, 0.29) is 16.4 Å². The Morgan fingerprint density at radius 2 is 1.74 bits per heavy atom. The molecule has 0 saturated heterocycles. The molecule has 2 N–H and O–H groups in total. The lowest BCUT2D eigenvalue weighted by atomic mass is 9.99. The molecule has 0 aromatic heterocycles. The monoisotopic (exact) mass is 345 g/mol. The molecule has 0 amide bonds. The number of benzene rings is 2. The molecule has 0 saturated carbocycles. The van der Waals surface area contributed by atoms with E-state index >= 15 is 0 Å². The van der Waals surface area contributed by atoms with Crippen LogP contribution >= 0.6 is 27.5 Å². The standard InChI is InChI=1S/C14H11BrClF2N/c15-14-8(3-1-6-11(14)18)7-12(19)13-9(16)4-2-5-10(13)17/h1-6,12H,7,19H2. The molecular weight excluding hydrogens is 336 g/mol. The highest BCUT2D eigenvalue weighted by atomic mass is 79.9. The summed E-state index contributed by atoms with van der Waals surface area (Å²) >= 11 is 9.12. The SMILES string of the molecule is NC(Cc1cccc(F)c1Br)c1c(F)cccc1Cl. The summed E-state index contributed by atoms with van der Waals surface area (Å²) in [6, 6.07) is 8.45. The molecule has 0 spiro atoms. The van der Waals surface area contributed by atoms with Crippen LogP contribution in [-0.4, -0.2) is 0 Å². The van der Waals surface area contributed by atoms with Gasteiger partial charge in [-0.25, -0.2) is 8.78 Å². The molecule has 5 heteroatoms. The van der Waals surface area contributed by atoms with Gasteiger partial charge in [-0.2, -0.15) is 0 Å². The van der Waals surface area contributed by atoms with E-state index in [1.54, 1.807) is 18.2 Å². The summed E-state index contributed by atoms with van der Waals surface area (Å²) < 4.78 is 27.5. The van der Waals surface area contributed by atoms with Crippen molar-refractivity contribution in [3.05, 3.63) is 68.7 Å². The molecule has 2 aromatic carbocycles. The van der Waals surface area contributed by atoms with Crippen molar-refractivity contribution in [2.45, 2.75) is 12.5 Å². The summed E-state index contributed by atoms with van der Waals surface area (Å²) in [5, 5.41) is 0.278. The van der Waals surface area contributed by atoms with Crippen LogP contribution in [0.25, 0.3) is 0 Å². The van der Waals surface area contributed by atoms with Crippen LogP contribution in [0.3, 0.4) is 0 Å². The maximum Gasteiger partial charge on any atom is 0.137 e. The molecule has 0 heterocycles. The Morgan fingerprint density at radius 3 is 2.42 bits per heavy atom. The minimum atomic E-state index is -0.633.